The normalized spacial score (nSPS) is 10.6. The molecule has 0 atom stereocenters. The molecule has 0 saturated carbocycles. The van der Waals surface area contributed by atoms with E-state index in [0.29, 0.717) is 28.0 Å². The summed E-state index contributed by atoms with van der Waals surface area (Å²) in [5.74, 6) is 1.14. The van der Waals surface area contributed by atoms with Crippen molar-refractivity contribution in [3.05, 3.63) is 83.1 Å². The summed E-state index contributed by atoms with van der Waals surface area (Å²) in [4.78, 5) is 17.6. The van der Waals surface area contributed by atoms with E-state index in [2.05, 4.69) is 15.4 Å². The number of carbonyl (C=O) groups excluding carboxylic acids is 1. The molecule has 1 heterocycles. The Kier molecular flexibility index (Phi) is 6.09. The van der Waals surface area contributed by atoms with Gasteiger partial charge in [0.2, 0.25) is 5.82 Å². The number of halogens is 1. The Morgan fingerprint density at radius 1 is 1.00 bits per heavy atom. The van der Waals surface area contributed by atoms with E-state index in [1.54, 1.807) is 42.1 Å². The van der Waals surface area contributed by atoms with Crippen molar-refractivity contribution in [1.29, 1.82) is 0 Å². The molecule has 0 aliphatic rings. The molecule has 0 fully saturated rings. The average Bonchev–Trinajstić information content (AvgIpc) is 3.25. The largest absolute Gasteiger partial charge is 0.497 e. The molecule has 0 bridgehead atoms. The van der Waals surface area contributed by atoms with Crippen molar-refractivity contribution in [2.45, 2.75) is 6.92 Å². The van der Waals surface area contributed by atoms with Crippen LogP contribution in [0.1, 0.15) is 16.2 Å². The summed E-state index contributed by atoms with van der Waals surface area (Å²) in [5, 5.41) is 7.93. The van der Waals surface area contributed by atoms with Crippen LogP contribution in [0.5, 0.6) is 11.5 Å². The standard InChI is InChI=1S/C24H21ClN4O3/c1-15-5-4-6-18(13-15)29-23(16-7-9-17(25)10-8-16)27-22(28-29)24(30)26-20-14-19(31-2)11-12-21(20)32-3/h4-14H,1-3H3,(H,26,30). The second kappa shape index (κ2) is 9.11. The first-order valence-electron chi connectivity index (χ1n) is 9.82. The predicted molar refractivity (Wildman–Crippen MR) is 124 cm³/mol. The fourth-order valence-corrected chi connectivity index (χ4v) is 3.35. The monoisotopic (exact) mass is 448 g/mol. The highest BCUT2D eigenvalue weighted by Gasteiger charge is 2.20. The quantitative estimate of drug-likeness (QED) is 0.440. The molecule has 0 aliphatic heterocycles. The molecule has 0 radical (unpaired) electrons. The number of benzene rings is 3. The molecule has 1 amide bonds. The number of rotatable bonds is 6. The molecule has 4 aromatic rings. The van der Waals surface area contributed by atoms with E-state index in [1.165, 1.54) is 7.11 Å². The van der Waals surface area contributed by atoms with E-state index < -0.39 is 5.91 Å². The summed E-state index contributed by atoms with van der Waals surface area (Å²) in [6.45, 7) is 1.99. The number of anilines is 1. The summed E-state index contributed by atoms with van der Waals surface area (Å²) >= 11 is 6.05. The Balaban J connectivity index is 1.76. The molecule has 0 spiro atoms. The third-order valence-corrected chi connectivity index (χ3v) is 5.07. The van der Waals surface area contributed by atoms with Crippen LogP contribution in [0.4, 0.5) is 5.69 Å². The van der Waals surface area contributed by atoms with Gasteiger partial charge in [0, 0.05) is 16.7 Å². The SMILES string of the molecule is COc1ccc(OC)c(NC(=O)c2nc(-c3ccc(Cl)cc3)n(-c3cccc(C)c3)n2)c1. The van der Waals surface area contributed by atoms with E-state index in [9.17, 15) is 4.79 Å². The van der Waals surface area contributed by atoms with Gasteiger partial charge >= 0.3 is 0 Å². The third-order valence-electron chi connectivity index (χ3n) is 4.81. The number of hydrogen-bond donors (Lipinski definition) is 1. The molecule has 0 aliphatic carbocycles. The van der Waals surface area contributed by atoms with Gasteiger partial charge in [0.25, 0.3) is 5.91 Å². The fraction of sp³-hybridized carbons (Fsp3) is 0.125. The molecular formula is C24H21ClN4O3. The van der Waals surface area contributed by atoms with Crippen LogP contribution in [-0.2, 0) is 0 Å². The van der Waals surface area contributed by atoms with Gasteiger partial charge < -0.3 is 14.8 Å². The second-order valence-corrected chi connectivity index (χ2v) is 7.47. The molecule has 7 nitrogen and oxygen atoms in total. The number of amides is 1. The van der Waals surface area contributed by atoms with Crippen LogP contribution in [0.3, 0.4) is 0 Å². The summed E-state index contributed by atoms with van der Waals surface area (Å²) < 4.78 is 12.2. The van der Waals surface area contributed by atoms with Crippen LogP contribution in [0.15, 0.2) is 66.7 Å². The first-order chi connectivity index (χ1) is 15.5. The maximum atomic E-state index is 13.1. The topological polar surface area (TPSA) is 78.3 Å². The lowest BCUT2D eigenvalue weighted by Crippen LogP contribution is -2.15. The van der Waals surface area contributed by atoms with E-state index in [1.807, 2.05) is 43.3 Å². The van der Waals surface area contributed by atoms with Gasteiger partial charge in [-0.05, 0) is 61.0 Å². The zero-order chi connectivity index (χ0) is 22.7. The van der Waals surface area contributed by atoms with Crippen molar-refractivity contribution >= 4 is 23.2 Å². The summed E-state index contributed by atoms with van der Waals surface area (Å²) in [7, 11) is 3.08. The molecule has 4 rings (SSSR count). The smallest absolute Gasteiger partial charge is 0.295 e. The lowest BCUT2D eigenvalue weighted by Gasteiger charge is -2.10. The van der Waals surface area contributed by atoms with E-state index >= 15 is 0 Å². The lowest BCUT2D eigenvalue weighted by molar-refractivity contribution is 0.101. The highest BCUT2D eigenvalue weighted by Crippen LogP contribution is 2.30. The maximum absolute atomic E-state index is 13.1. The highest BCUT2D eigenvalue weighted by atomic mass is 35.5. The maximum Gasteiger partial charge on any atom is 0.295 e. The molecule has 0 saturated heterocycles. The number of methoxy groups -OCH3 is 2. The first-order valence-corrected chi connectivity index (χ1v) is 10.2. The zero-order valence-corrected chi connectivity index (χ0v) is 18.6. The third kappa shape index (κ3) is 4.43. The van der Waals surface area contributed by atoms with Crippen molar-refractivity contribution < 1.29 is 14.3 Å². The number of hydrogen-bond acceptors (Lipinski definition) is 5. The van der Waals surface area contributed by atoms with Gasteiger partial charge in [-0.15, -0.1) is 5.10 Å². The zero-order valence-electron chi connectivity index (χ0n) is 17.8. The van der Waals surface area contributed by atoms with Gasteiger partial charge in [0.15, 0.2) is 5.82 Å². The van der Waals surface area contributed by atoms with Crippen LogP contribution in [0, 0.1) is 6.92 Å². The van der Waals surface area contributed by atoms with E-state index in [0.717, 1.165) is 16.8 Å². The highest BCUT2D eigenvalue weighted by molar-refractivity contribution is 6.30. The Bertz CT molecular complexity index is 1270. The number of aromatic nitrogens is 3. The van der Waals surface area contributed by atoms with Gasteiger partial charge in [-0.3, -0.25) is 4.79 Å². The minimum atomic E-state index is -0.474. The lowest BCUT2D eigenvalue weighted by atomic mass is 10.2. The molecule has 3 aromatic carbocycles. The Hall–Kier alpha value is -3.84. The molecule has 1 aromatic heterocycles. The predicted octanol–water partition coefficient (Wildman–Crippen LogP) is 5.17. The van der Waals surface area contributed by atoms with Crippen LogP contribution in [-0.4, -0.2) is 34.9 Å². The van der Waals surface area contributed by atoms with Crippen LogP contribution in [0.2, 0.25) is 5.02 Å². The minimum Gasteiger partial charge on any atom is -0.497 e. The molecule has 0 unspecified atom stereocenters. The van der Waals surface area contributed by atoms with Crippen LogP contribution in [0.25, 0.3) is 17.1 Å². The number of nitrogens with one attached hydrogen (secondary N) is 1. The number of carbonyl (C=O) groups is 1. The number of ether oxygens (including phenoxy) is 2. The summed E-state index contributed by atoms with van der Waals surface area (Å²) in [6, 6.07) is 20.2. The van der Waals surface area contributed by atoms with Crippen molar-refractivity contribution in [3.8, 4) is 28.6 Å². The molecule has 162 valence electrons. The molecule has 32 heavy (non-hydrogen) atoms. The summed E-state index contributed by atoms with van der Waals surface area (Å²) in [5.41, 5.74) is 3.09. The Morgan fingerprint density at radius 3 is 2.47 bits per heavy atom. The van der Waals surface area contributed by atoms with E-state index in [4.69, 9.17) is 21.1 Å². The average molecular weight is 449 g/mol. The van der Waals surface area contributed by atoms with Gasteiger partial charge in [-0.2, -0.15) is 0 Å². The molecule has 1 N–H and O–H groups in total. The van der Waals surface area contributed by atoms with Crippen molar-refractivity contribution in [2.24, 2.45) is 0 Å². The fourth-order valence-electron chi connectivity index (χ4n) is 3.22. The second-order valence-electron chi connectivity index (χ2n) is 7.04. The van der Waals surface area contributed by atoms with Gasteiger partial charge in [-0.25, -0.2) is 9.67 Å². The number of aryl methyl sites for hydroxylation is 1. The molecule has 8 heteroatoms. The van der Waals surface area contributed by atoms with Crippen LogP contribution < -0.4 is 14.8 Å². The van der Waals surface area contributed by atoms with Crippen molar-refractivity contribution in [1.82, 2.24) is 14.8 Å². The minimum absolute atomic E-state index is 0.0151. The Morgan fingerprint density at radius 2 is 1.78 bits per heavy atom. The van der Waals surface area contributed by atoms with Crippen molar-refractivity contribution in [2.75, 3.05) is 19.5 Å². The van der Waals surface area contributed by atoms with Gasteiger partial charge in [0.05, 0.1) is 25.6 Å². The van der Waals surface area contributed by atoms with Gasteiger partial charge in [0.1, 0.15) is 11.5 Å². The Labute approximate surface area is 190 Å². The molecular weight excluding hydrogens is 428 g/mol. The van der Waals surface area contributed by atoms with Crippen molar-refractivity contribution in [3.63, 3.8) is 0 Å². The van der Waals surface area contributed by atoms with Gasteiger partial charge in [-0.1, -0.05) is 23.7 Å². The number of nitrogens with zero attached hydrogens (tertiary/aromatic N) is 3. The van der Waals surface area contributed by atoms with E-state index in [-0.39, 0.29) is 5.82 Å². The first kappa shape index (κ1) is 21.4. The summed E-state index contributed by atoms with van der Waals surface area (Å²) in [6.07, 6.45) is 0. The van der Waals surface area contributed by atoms with Crippen LogP contribution >= 0.6 is 11.6 Å².